The van der Waals surface area contributed by atoms with Crippen LogP contribution in [0, 0.1) is 11.7 Å². The molecule has 13 heteroatoms. The van der Waals surface area contributed by atoms with Gasteiger partial charge in [-0.1, -0.05) is 0 Å². The van der Waals surface area contributed by atoms with Gasteiger partial charge in [0.15, 0.2) is 0 Å². The Labute approximate surface area is 226 Å². The fraction of sp³-hybridized carbons (Fsp3) is 0.296. The molecule has 0 spiro atoms. The Hall–Kier alpha value is -4.23. The molecule has 9 nitrogen and oxygen atoms in total. The van der Waals surface area contributed by atoms with Crippen LogP contribution in [0.1, 0.15) is 12.0 Å². The molecule has 40 heavy (non-hydrogen) atoms. The first-order valence-electron chi connectivity index (χ1n) is 12.5. The van der Waals surface area contributed by atoms with Gasteiger partial charge in [0.05, 0.1) is 34.8 Å². The van der Waals surface area contributed by atoms with Gasteiger partial charge in [0.2, 0.25) is 11.9 Å². The first kappa shape index (κ1) is 27.3. The molecule has 2 aromatic heterocycles. The highest BCUT2D eigenvalue weighted by atomic mass is 19.4. The maximum absolute atomic E-state index is 14.3. The molecule has 1 fully saturated rings. The van der Waals surface area contributed by atoms with Crippen LogP contribution in [0.15, 0.2) is 54.7 Å². The zero-order chi connectivity index (χ0) is 28.4. The number of rotatable bonds is 8. The van der Waals surface area contributed by atoms with Gasteiger partial charge in [-0.05, 0) is 49.4 Å². The van der Waals surface area contributed by atoms with Crippen molar-refractivity contribution >= 4 is 34.4 Å². The third kappa shape index (κ3) is 6.00. The molecule has 1 aliphatic rings. The number of benzene rings is 2. The number of likely N-dealkylation sites (tertiary alicyclic amines) is 1. The largest absolute Gasteiger partial charge is 0.457 e. The van der Waals surface area contributed by atoms with Gasteiger partial charge in [0.1, 0.15) is 23.1 Å². The lowest BCUT2D eigenvalue weighted by Crippen LogP contribution is -2.28. The van der Waals surface area contributed by atoms with Gasteiger partial charge in [-0.3, -0.25) is 4.79 Å². The predicted molar refractivity (Wildman–Crippen MR) is 140 cm³/mol. The van der Waals surface area contributed by atoms with Crippen molar-refractivity contribution in [2.75, 3.05) is 36.9 Å². The van der Waals surface area contributed by atoms with Gasteiger partial charge >= 0.3 is 6.18 Å². The maximum Gasteiger partial charge on any atom is 0.416 e. The second kappa shape index (κ2) is 11.1. The lowest BCUT2D eigenvalue weighted by molar-refractivity contribution is -0.137. The summed E-state index contributed by atoms with van der Waals surface area (Å²) in [4.78, 5) is 23.3. The molecule has 5 rings (SSSR count). The number of carbonyl (C=O) groups excluding carboxylic acids is 1. The summed E-state index contributed by atoms with van der Waals surface area (Å²) in [6.07, 6.45) is -2.41. The zero-order valence-corrected chi connectivity index (χ0v) is 21.4. The quantitative estimate of drug-likeness (QED) is 0.264. The highest BCUT2D eigenvalue weighted by Gasteiger charge is 2.31. The van der Waals surface area contributed by atoms with E-state index in [4.69, 9.17) is 9.84 Å². The van der Waals surface area contributed by atoms with Crippen LogP contribution in [0.4, 0.5) is 35.0 Å². The van der Waals surface area contributed by atoms with Crippen molar-refractivity contribution in [3.05, 3.63) is 66.1 Å². The summed E-state index contributed by atoms with van der Waals surface area (Å²) < 4.78 is 61.0. The van der Waals surface area contributed by atoms with Crippen molar-refractivity contribution in [1.82, 2.24) is 19.4 Å². The third-order valence-corrected chi connectivity index (χ3v) is 6.67. The second-order valence-corrected chi connectivity index (χ2v) is 9.44. The summed E-state index contributed by atoms with van der Waals surface area (Å²) in [5.41, 5.74) is -0.233. The van der Waals surface area contributed by atoms with Gasteiger partial charge in [-0.2, -0.15) is 13.2 Å². The number of carbonyl (C=O) groups is 1. The number of amides is 1. The summed E-state index contributed by atoms with van der Waals surface area (Å²) in [5.74, 6) is 0.106. The van der Waals surface area contributed by atoms with Crippen molar-refractivity contribution in [2.24, 2.45) is 13.0 Å². The van der Waals surface area contributed by atoms with Crippen LogP contribution < -0.4 is 15.4 Å². The first-order valence-corrected chi connectivity index (χ1v) is 12.5. The minimum absolute atomic E-state index is 0.0474. The first-order chi connectivity index (χ1) is 19.1. The molecule has 210 valence electrons. The second-order valence-electron chi connectivity index (χ2n) is 9.44. The topological polar surface area (TPSA) is 105 Å². The Morgan fingerprint density at radius 2 is 1.95 bits per heavy atom. The Kier molecular flexibility index (Phi) is 7.59. The maximum atomic E-state index is 14.3. The van der Waals surface area contributed by atoms with Crippen LogP contribution in [-0.4, -0.2) is 56.7 Å². The number of aliphatic hydroxyl groups is 1. The number of alkyl halides is 3. The molecule has 1 atom stereocenters. The minimum atomic E-state index is -4.61. The van der Waals surface area contributed by atoms with Gasteiger partial charge < -0.3 is 29.9 Å². The van der Waals surface area contributed by atoms with E-state index < -0.39 is 17.6 Å². The van der Waals surface area contributed by atoms with E-state index in [2.05, 4.69) is 20.6 Å². The van der Waals surface area contributed by atoms with Crippen LogP contribution in [0.25, 0.3) is 11.0 Å². The predicted octanol–water partition coefficient (Wildman–Crippen LogP) is 4.91. The summed E-state index contributed by atoms with van der Waals surface area (Å²) in [6.45, 7) is 1.90. The van der Waals surface area contributed by atoms with Gasteiger partial charge in [-0.25, -0.2) is 14.4 Å². The number of aromatic nitrogens is 3. The fourth-order valence-corrected chi connectivity index (χ4v) is 4.57. The number of anilines is 3. The number of β-amino-alcohol motifs (C(OH)–C–C–N with tert-alkyl or cyclic N) is 1. The van der Waals surface area contributed by atoms with Crippen LogP contribution in [0.2, 0.25) is 0 Å². The van der Waals surface area contributed by atoms with E-state index in [-0.39, 0.29) is 30.1 Å². The zero-order valence-electron chi connectivity index (χ0n) is 21.4. The molecule has 1 saturated heterocycles. The molecule has 3 heterocycles. The van der Waals surface area contributed by atoms with E-state index in [9.17, 15) is 22.4 Å². The number of aliphatic hydroxyl groups excluding tert-OH is 1. The highest BCUT2D eigenvalue weighted by Crippen LogP contribution is 2.34. The molecule has 1 amide bonds. The lowest BCUT2D eigenvalue weighted by Gasteiger charge is -2.14. The van der Waals surface area contributed by atoms with Crippen molar-refractivity contribution in [2.45, 2.75) is 12.6 Å². The number of imidazole rings is 1. The normalized spacial score (nSPS) is 15.9. The van der Waals surface area contributed by atoms with Crippen molar-refractivity contribution in [3.63, 3.8) is 0 Å². The molecule has 0 unspecified atom stereocenters. The number of ether oxygens (including phenoxy) is 1. The highest BCUT2D eigenvalue weighted by molar-refractivity contribution is 5.92. The molecule has 3 N–H and O–H groups in total. The molecule has 1 aliphatic heterocycles. The van der Waals surface area contributed by atoms with E-state index in [0.717, 1.165) is 12.6 Å². The van der Waals surface area contributed by atoms with Crippen molar-refractivity contribution in [1.29, 1.82) is 0 Å². The SMILES string of the molecule is Cn1c(Nc2cc(C(F)(F)F)ccc2F)nc2cc(Oc3ccnc(NC(=O)[C@H]4CCN(CCO)C4)c3)ccc21. The molecule has 0 aliphatic carbocycles. The van der Waals surface area contributed by atoms with Crippen molar-refractivity contribution in [3.8, 4) is 11.5 Å². The standard InChI is InChI=1S/C27H26F4N6O3/c1-36-23-5-3-18(13-22(23)34-26(36)33-21-12-17(27(29,30)31)2-4-20(21)28)40-19-6-8-32-24(14-19)35-25(39)16-7-9-37(15-16)10-11-38/h2-6,8,12-14,16,38H,7,9-11,15H2,1H3,(H,33,34)(H,32,35,39)/t16-/m0/s1. The number of hydrogen-bond donors (Lipinski definition) is 3. The average Bonchev–Trinajstić information content (AvgIpc) is 3.49. The molecule has 0 saturated carbocycles. The molecule has 4 aromatic rings. The number of nitrogens with zero attached hydrogens (tertiary/aromatic N) is 4. The van der Waals surface area contributed by atoms with Gasteiger partial charge in [0.25, 0.3) is 0 Å². The number of aryl methyl sites for hydroxylation is 1. The molecular weight excluding hydrogens is 532 g/mol. The third-order valence-electron chi connectivity index (χ3n) is 6.67. The summed E-state index contributed by atoms with van der Waals surface area (Å²) in [7, 11) is 1.65. The number of nitrogens with one attached hydrogen (secondary N) is 2. The Bertz CT molecular complexity index is 1540. The number of hydrogen-bond acceptors (Lipinski definition) is 7. The Balaban J connectivity index is 1.29. The lowest BCUT2D eigenvalue weighted by atomic mass is 10.1. The van der Waals surface area contributed by atoms with Crippen LogP contribution in [0.5, 0.6) is 11.5 Å². The van der Waals surface area contributed by atoms with E-state index >= 15 is 0 Å². The van der Waals surface area contributed by atoms with E-state index in [1.54, 1.807) is 41.9 Å². The van der Waals surface area contributed by atoms with Gasteiger partial charge in [-0.15, -0.1) is 0 Å². The molecule has 0 bridgehead atoms. The van der Waals surface area contributed by atoms with E-state index in [1.165, 1.54) is 6.20 Å². The Morgan fingerprint density at radius 3 is 2.73 bits per heavy atom. The number of halogens is 4. The summed E-state index contributed by atoms with van der Waals surface area (Å²) in [5, 5.41) is 14.5. The molecular formula is C27H26F4N6O3. The van der Waals surface area contributed by atoms with Crippen LogP contribution >= 0.6 is 0 Å². The Morgan fingerprint density at radius 1 is 1.15 bits per heavy atom. The minimum Gasteiger partial charge on any atom is -0.457 e. The van der Waals surface area contributed by atoms with Gasteiger partial charge in [0, 0.05) is 38.5 Å². The fourth-order valence-electron chi connectivity index (χ4n) is 4.57. The smallest absolute Gasteiger partial charge is 0.416 e. The molecule has 0 radical (unpaired) electrons. The number of fused-ring (bicyclic) bond motifs is 1. The van der Waals surface area contributed by atoms with Crippen molar-refractivity contribution < 1.29 is 32.2 Å². The number of pyridine rings is 1. The monoisotopic (exact) mass is 558 g/mol. The van der Waals surface area contributed by atoms with Crippen LogP contribution in [0.3, 0.4) is 0 Å². The average molecular weight is 559 g/mol. The van der Waals surface area contributed by atoms with Crippen LogP contribution in [-0.2, 0) is 18.0 Å². The summed E-state index contributed by atoms with van der Waals surface area (Å²) >= 11 is 0. The van der Waals surface area contributed by atoms with E-state index in [1.807, 2.05) is 4.90 Å². The van der Waals surface area contributed by atoms with E-state index in [0.29, 0.717) is 60.0 Å². The molecule has 2 aromatic carbocycles. The summed E-state index contributed by atoms with van der Waals surface area (Å²) in [6, 6.07) is 10.4.